The zero-order chi connectivity index (χ0) is 16.9. The van der Waals surface area contributed by atoms with Crippen LogP contribution in [0.5, 0.6) is 0 Å². The van der Waals surface area contributed by atoms with Crippen LogP contribution in [0.3, 0.4) is 0 Å². The van der Waals surface area contributed by atoms with Crippen molar-refractivity contribution in [3.05, 3.63) is 71.0 Å². The number of hydrogen-bond acceptors (Lipinski definition) is 1. The number of rotatable bonds is 5. The number of benzene rings is 2. The Bertz CT molecular complexity index is 648. The normalized spacial score (nSPS) is 11.1. The van der Waals surface area contributed by atoms with Crippen molar-refractivity contribution in [2.45, 2.75) is 32.7 Å². The van der Waals surface area contributed by atoms with Crippen LogP contribution in [-0.4, -0.2) is 12.6 Å². The molecule has 2 rings (SSSR count). The highest BCUT2D eigenvalue weighted by Gasteiger charge is 2.21. The molecule has 2 aromatic rings. The molecule has 2 amide bonds. The maximum absolute atomic E-state index is 13.0. The second-order valence-corrected chi connectivity index (χ2v) is 6.41. The maximum atomic E-state index is 13.0. The summed E-state index contributed by atoms with van der Waals surface area (Å²) in [7, 11) is 0. The summed E-state index contributed by atoms with van der Waals surface area (Å²) in [5.41, 5.74) is 2.97. The van der Waals surface area contributed by atoms with E-state index in [1.54, 1.807) is 12.1 Å². The molecule has 0 saturated carbocycles. The summed E-state index contributed by atoms with van der Waals surface area (Å²) in [6, 6.07) is 14.2. The van der Waals surface area contributed by atoms with Crippen molar-refractivity contribution in [2.24, 2.45) is 0 Å². The van der Waals surface area contributed by atoms with E-state index >= 15 is 0 Å². The fourth-order valence-corrected chi connectivity index (χ4v) is 2.26. The standard InChI is InChI=1S/C19H23FN2O/c1-14-4-6-15(7-5-14)12-21-18(23)22-13-19(2,3)16-8-10-17(20)11-9-16/h4-11H,12-13H2,1-3H3,(H2,21,22,23). The molecule has 2 N–H and O–H groups in total. The van der Waals surface area contributed by atoms with E-state index in [0.29, 0.717) is 13.1 Å². The van der Waals surface area contributed by atoms with Crippen LogP contribution in [-0.2, 0) is 12.0 Å². The molecule has 0 radical (unpaired) electrons. The lowest BCUT2D eigenvalue weighted by molar-refractivity contribution is 0.238. The molecule has 23 heavy (non-hydrogen) atoms. The number of urea groups is 1. The third-order valence-electron chi connectivity index (χ3n) is 3.89. The largest absolute Gasteiger partial charge is 0.337 e. The minimum Gasteiger partial charge on any atom is -0.337 e. The van der Waals surface area contributed by atoms with Gasteiger partial charge in [-0.25, -0.2) is 9.18 Å². The Morgan fingerprint density at radius 3 is 2.22 bits per heavy atom. The van der Waals surface area contributed by atoms with E-state index in [9.17, 15) is 9.18 Å². The number of carbonyl (C=O) groups excluding carboxylic acids is 1. The van der Waals surface area contributed by atoms with Crippen molar-refractivity contribution in [3.8, 4) is 0 Å². The van der Waals surface area contributed by atoms with Gasteiger partial charge in [0.05, 0.1) is 0 Å². The van der Waals surface area contributed by atoms with Gasteiger partial charge in [-0.05, 0) is 30.2 Å². The number of halogens is 1. The summed E-state index contributed by atoms with van der Waals surface area (Å²) in [5, 5.41) is 5.72. The second kappa shape index (κ2) is 7.27. The molecule has 3 nitrogen and oxygen atoms in total. The van der Waals surface area contributed by atoms with Crippen LogP contribution in [0.25, 0.3) is 0 Å². The van der Waals surface area contributed by atoms with Crippen LogP contribution < -0.4 is 10.6 Å². The van der Waals surface area contributed by atoms with Crippen molar-refractivity contribution < 1.29 is 9.18 Å². The minimum absolute atomic E-state index is 0.208. The fourth-order valence-electron chi connectivity index (χ4n) is 2.26. The molecule has 122 valence electrons. The van der Waals surface area contributed by atoms with Gasteiger partial charge in [0, 0.05) is 18.5 Å². The summed E-state index contributed by atoms with van der Waals surface area (Å²) in [6.45, 7) is 7.02. The lowest BCUT2D eigenvalue weighted by atomic mass is 9.84. The SMILES string of the molecule is Cc1ccc(CNC(=O)NCC(C)(C)c2ccc(F)cc2)cc1. The first-order valence-electron chi connectivity index (χ1n) is 7.70. The Morgan fingerprint density at radius 2 is 1.61 bits per heavy atom. The van der Waals surface area contributed by atoms with Crippen molar-refractivity contribution in [2.75, 3.05) is 6.54 Å². The van der Waals surface area contributed by atoms with Crippen molar-refractivity contribution in [1.29, 1.82) is 0 Å². The van der Waals surface area contributed by atoms with Gasteiger partial charge in [0.15, 0.2) is 0 Å². The first kappa shape index (κ1) is 17.0. The monoisotopic (exact) mass is 314 g/mol. The number of aryl methyl sites for hydroxylation is 1. The molecule has 0 unspecified atom stereocenters. The lowest BCUT2D eigenvalue weighted by Crippen LogP contribution is -2.42. The predicted octanol–water partition coefficient (Wildman–Crippen LogP) is 3.91. The molecule has 2 aromatic carbocycles. The molecule has 4 heteroatoms. The zero-order valence-electron chi connectivity index (χ0n) is 13.8. The van der Waals surface area contributed by atoms with Crippen LogP contribution >= 0.6 is 0 Å². The Balaban J connectivity index is 1.83. The molecular weight excluding hydrogens is 291 g/mol. The van der Waals surface area contributed by atoms with E-state index in [4.69, 9.17) is 0 Å². The highest BCUT2D eigenvalue weighted by atomic mass is 19.1. The third kappa shape index (κ3) is 5.09. The minimum atomic E-state index is -0.269. The number of nitrogens with one attached hydrogen (secondary N) is 2. The van der Waals surface area contributed by atoms with E-state index in [0.717, 1.165) is 11.1 Å². The molecule has 0 aliphatic heterocycles. The fraction of sp³-hybridized carbons (Fsp3) is 0.316. The van der Waals surface area contributed by atoms with E-state index < -0.39 is 0 Å². The van der Waals surface area contributed by atoms with Gasteiger partial charge >= 0.3 is 6.03 Å². The van der Waals surface area contributed by atoms with Crippen LogP contribution in [0.1, 0.15) is 30.5 Å². The maximum Gasteiger partial charge on any atom is 0.315 e. The summed E-state index contributed by atoms with van der Waals surface area (Å²) in [4.78, 5) is 11.9. The first-order valence-corrected chi connectivity index (χ1v) is 7.70. The van der Waals surface area contributed by atoms with E-state index in [1.807, 2.05) is 45.0 Å². The Hall–Kier alpha value is -2.36. The number of carbonyl (C=O) groups is 1. The third-order valence-corrected chi connectivity index (χ3v) is 3.89. The van der Waals surface area contributed by atoms with Crippen LogP contribution in [0.2, 0.25) is 0 Å². The van der Waals surface area contributed by atoms with E-state index in [-0.39, 0.29) is 17.3 Å². The van der Waals surface area contributed by atoms with Gasteiger partial charge in [0.1, 0.15) is 5.82 Å². The molecule has 0 atom stereocenters. The predicted molar refractivity (Wildman–Crippen MR) is 90.8 cm³/mol. The summed E-state index contributed by atoms with van der Waals surface area (Å²) >= 11 is 0. The van der Waals surface area contributed by atoms with Gasteiger partial charge in [-0.1, -0.05) is 55.8 Å². The van der Waals surface area contributed by atoms with Gasteiger partial charge < -0.3 is 10.6 Å². The Labute approximate surface area is 136 Å². The van der Waals surface area contributed by atoms with Crippen LogP contribution in [0.15, 0.2) is 48.5 Å². The van der Waals surface area contributed by atoms with E-state index in [2.05, 4.69) is 10.6 Å². The van der Waals surface area contributed by atoms with Crippen molar-refractivity contribution in [1.82, 2.24) is 10.6 Å². The topological polar surface area (TPSA) is 41.1 Å². The van der Waals surface area contributed by atoms with Crippen LogP contribution in [0.4, 0.5) is 9.18 Å². The molecule has 0 heterocycles. The summed E-state index contributed by atoms with van der Waals surface area (Å²) in [6.07, 6.45) is 0. The molecule has 0 aliphatic rings. The van der Waals surface area contributed by atoms with Gasteiger partial charge in [0.25, 0.3) is 0 Å². The summed E-state index contributed by atoms with van der Waals surface area (Å²) in [5.74, 6) is -0.256. The number of hydrogen-bond donors (Lipinski definition) is 2. The molecular formula is C19H23FN2O. The van der Waals surface area contributed by atoms with Crippen molar-refractivity contribution in [3.63, 3.8) is 0 Å². The second-order valence-electron chi connectivity index (χ2n) is 6.41. The van der Waals surface area contributed by atoms with E-state index in [1.165, 1.54) is 17.7 Å². The molecule has 0 fully saturated rings. The van der Waals surface area contributed by atoms with Gasteiger partial charge in [0.2, 0.25) is 0 Å². The smallest absolute Gasteiger partial charge is 0.315 e. The average Bonchev–Trinajstić information content (AvgIpc) is 2.53. The number of amides is 2. The quantitative estimate of drug-likeness (QED) is 0.863. The van der Waals surface area contributed by atoms with Crippen molar-refractivity contribution >= 4 is 6.03 Å². The first-order chi connectivity index (χ1) is 10.9. The zero-order valence-corrected chi connectivity index (χ0v) is 13.8. The lowest BCUT2D eigenvalue weighted by Gasteiger charge is -2.25. The highest BCUT2D eigenvalue weighted by Crippen LogP contribution is 2.22. The Kier molecular flexibility index (Phi) is 5.37. The molecule has 0 bridgehead atoms. The molecule has 0 aliphatic carbocycles. The Morgan fingerprint density at radius 1 is 1.00 bits per heavy atom. The van der Waals surface area contributed by atoms with Gasteiger partial charge in [-0.2, -0.15) is 0 Å². The molecule has 0 spiro atoms. The van der Waals surface area contributed by atoms with Gasteiger partial charge in [-0.15, -0.1) is 0 Å². The van der Waals surface area contributed by atoms with Crippen LogP contribution in [0, 0.1) is 12.7 Å². The average molecular weight is 314 g/mol. The van der Waals surface area contributed by atoms with Gasteiger partial charge in [-0.3, -0.25) is 0 Å². The molecule has 0 aromatic heterocycles. The molecule has 0 saturated heterocycles. The summed E-state index contributed by atoms with van der Waals surface area (Å²) < 4.78 is 13.0. The highest BCUT2D eigenvalue weighted by molar-refractivity contribution is 5.74.